The Kier molecular flexibility index (Phi) is 11.7. The van der Waals surface area contributed by atoms with Crippen LogP contribution in [0.5, 0.6) is 5.75 Å². The quantitative estimate of drug-likeness (QED) is 0.174. The molecule has 0 bridgehead atoms. The van der Waals surface area contributed by atoms with E-state index in [4.69, 9.17) is 24.7 Å². The maximum atomic E-state index is 12.4. The lowest BCUT2D eigenvalue weighted by molar-refractivity contribution is -0.348. The Bertz CT molecular complexity index is 1070. The first kappa shape index (κ1) is 30.8. The van der Waals surface area contributed by atoms with E-state index >= 15 is 0 Å². The second-order valence-electron chi connectivity index (χ2n) is 9.42. The number of aryl methyl sites for hydroxylation is 1. The largest absolute Gasteiger partial charge is 0.445 e. The van der Waals surface area contributed by atoms with Crippen molar-refractivity contribution in [1.29, 1.82) is 0 Å². The molecule has 0 radical (unpaired) electrons. The van der Waals surface area contributed by atoms with Crippen LogP contribution in [0.2, 0.25) is 0 Å². The number of ether oxygens (including phenoxy) is 4. The minimum atomic E-state index is -1.35. The third-order valence-electron chi connectivity index (χ3n) is 6.37. The van der Waals surface area contributed by atoms with E-state index in [-0.39, 0.29) is 43.0 Å². The molecule has 0 spiro atoms. The van der Waals surface area contributed by atoms with Crippen LogP contribution in [0.3, 0.4) is 0 Å². The molecule has 2 unspecified atom stereocenters. The van der Waals surface area contributed by atoms with Crippen LogP contribution in [-0.4, -0.2) is 84.7 Å². The Morgan fingerprint density at radius 2 is 2.02 bits per heavy atom. The van der Waals surface area contributed by atoms with Gasteiger partial charge in [0.05, 0.1) is 6.54 Å². The number of aliphatic hydroxyl groups is 1. The molecule has 14 nitrogen and oxygen atoms in total. The first-order chi connectivity index (χ1) is 19.2. The topological polar surface area (TPSA) is 196 Å². The number of nitrogens with zero attached hydrogens (tertiary/aromatic N) is 1. The van der Waals surface area contributed by atoms with Crippen molar-refractivity contribution in [3.63, 3.8) is 0 Å². The lowest BCUT2D eigenvalue weighted by Gasteiger charge is -2.31. The molecule has 1 aromatic carbocycles. The lowest BCUT2D eigenvalue weighted by atomic mass is 10.1. The van der Waals surface area contributed by atoms with E-state index in [1.807, 2.05) is 6.07 Å². The number of rotatable bonds is 14. The summed E-state index contributed by atoms with van der Waals surface area (Å²) >= 11 is 0. The molecule has 4 atom stereocenters. The van der Waals surface area contributed by atoms with Gasteiger partial charge in [-0.15, -0.1) is 0 Å². The summed E-state index contributed by atoms with van der Waals surface area (Å²) in [6, 6.07) is 4.64. The van der Waals surface area contributed by atoms with Gasteiger partial charge in [0, 0.05) is 31.5 Å². The van der Waals surface area contributed by atoms with Gasteiger partial charge in [-0.05, 0) is 37.3 Å². The van der Waals surface area contributed by atoms with E-state index in [0.29, 0.717) is 57.0 Å². The van der Waals surface area contributed by atoms with Gasteiger partial charge in [-0.1, -0.05) is 19.1 Å². The fourth-order valence-electron chi connectivity index (χ4n) is 4.23. The number of hydrogen-bond donors (Lipinski definition) is 4. The smallest absolute Gasteiger partial charge is 0.404 e. The van der Waals surface area contributed by atoms with Crippen LogP contribution in [-0.2, 0) is 46.4 Å². The fourth-order valence-corrected chi connectivity index (χ4v) is 4.23. The fraction of sp³-hybridized carbons (Fsp3) is 0.577. The molecule has 2 fully saturated rings. The third kappa shape index (κ3) is 9.47. The van der Waals surface area contributed by atoms with Crippen LogP contribution in [0, 0.1) is 0 Å². The summed E-state index contributed by atoms with van der Waals surface area (Å²) in [6.07, 6.45) is 0.191. The van der Waals surface area contributed by atoms with Crippen molar-refractivity contribution in [3.05, 3.63) is 29.3 Å². The second kappa shape index (κ2) is 15.1. The molecule has 2 heterocycles. The monoisotopic (exact) mass is 564 g/mol. The van der Waals surface area contributed by atoms with Gasteiger partial charge in [-0.2, -0.15) is 0 Å². The number of likely N-dealkylation sites (tertiary alicyclic amines) is 1. The van der Waals surface area contributed by atoms with E-state index < -0.39 is 31.0 Å². The first-order valence-electron chi connectivity index (χ1n) is 13.2. The zero-order chi connectivity index (χ0) is 29.1. The van der Waals surface area contributed by atoms with Gasteiger partial charge in [0.25, 0.3) is 0 Å². The highest BCUT2D eigenvalue weighted by molar-refractivity contribution is 5.92. The average molecular weight is 565 g/mol. The van der Waals surface area contributed by atoms with Gasteiger partial charge in [-0.25, -0.2) is 4.79 Å². The molecule has 0 aliphatic carbocycles. The molecule has 220 valence electrons. The molecular formula is C26H36N4O10. The number of benzene rings is 1. The first-order valence-corrected chi connectivity index (χ1v) is 13.2. The molecule has 0 aromatic heterocycles. The standard InChI is InChI=1S/C26H36N4O10/c1-2-21(32)29-19-8-10-30(24(19)35)13-22(33)28-9-4-3-5-16-6-7-17(15-37-25(27)36)20(11-16)39-26-38-18(14-31)12-23(34)40-26/h6-7,11,14,18-19,23,26,34H,2-5,8-10,12-13,15H2,1H3,(H2,27,36)(H,28,33)(H,29,32)/t18?,19-,23?,26-/m0/s1. The molecule has 3 rings (SSSR count). The van der Waals surface area contributed by atoms with Crippen molar-refractivity contribution >= 4 is 30.1 Å². The van der Waals surface area contributed by atoms with Crippen LogP contribution in [0.15, 0.2) is 18.2 Å². The van der Waals surface area contributed by atoms with Crippen molar-refractivity contribution in [2.24, 2.45) is 5.73 Å². The minimum absolute atomic E-state index is 0.0242. The van der Waals surface area contributed by atoms with Crippen LogP contribution in [0.4, 0.5) is 4.79 Å². The van der Waals surface area contributed by atoms with Crippen LogP contribution < -0.4 is 21.1 Å². The van der Waals surface area contributed by atoms with E-state index in [9.17, 15) is 29.1 Å². The van der Waals surface area contributed by atoms with E-state index in [2.05, 4.69) is 10.6 Å². The van der Waals surface area contributed by atoms with Gasteiger partial charge < -0.3 is 45.4 Å². The summed E-state index contributed by atoms with van der Waals surface area (Å²) in [5.41, 5.74) is 6.41. The number of primary amides is 1. The van der Waals surface area contributed by atoms with Crippen molar-refractivity contribution in [1.82, 2.24) is 15.5 Å². The Morgan fingerprint density at radius 1 is 1.23 bits per heavy atom. The van der Waals surface area contributed by atoms with E-state index in [1.54, 1.807) is 19.1 Å². The summed E-state index contributed by atoms with van der Waals surface area (Å²) in [7, 11) is 0. The van der Waals surface area contributed by atoms with Gasteiger partial charge in [0.1, 0.15) is 30.8 Å². The predicted molar refractivity (Wildman–Crippen MR) is 137 cm³/mol. The van der Waals surface area contributed by atoms with Gasteiger partial charge in [-0.3, -0.25) is 19.1 Å². The summed E-state index contributed by atoms with van der Waals surface area (Å²) in [5.74, 6) is -0.453. The van der Waals surface area contributed by atoms with Crippen molar-refractivity contribution in [2.45, 2.75) is 77.0 Å². The molecule has 1 aromatic rings. The second-order valence-corrected chi connectivity index (χ2v) is 9.42. The third-order valence-corrected chi connectivity index (χ3v) is 6.37. The molecule has 0 saturated carbocycles. The van der Waals surface area contributed by atoms with Crippen LogP contribution in [0.1, 0.15) is 50.2 Å². The number of nitrogens with one attached hydrogen (secondary N) is 2. The summed E-state index contributed by atoms with van der Waals surface area (Å²) < 4.78 is 21.1. The highest BCUT2D eigenvalue weighted by atomic mass is 16.9. The lowest BCUT2D eigenvalue weighted by Crippen LogP contribution is -2.44. The minimum Gasteiger partial charge on any atom is -0.445 e. The highest BCUT2D eigenvalue weighted by Gasteiger charge is 2.33. The zero-order valence-electron chi connectivity index (χ0n) is 22.3. The normalized spacial score (nSPS) is 22.4. The number of nitrogens with two attached hydrogens (primary N) is 1. The highest BCUT2D eigenvalue weighted by Crippen LogP contribution is 2.27. The van der Waals surface area contributed by atoms with Gasteiger partial charge >= 0.3 is 12.6 Å². The number of carbonyl (C=O) groups is 5. The van der Waals surface area contributed by atoms with E-state index in [1.165, 1.54) is 4.90 Å². The van der Waals surface area contributed by atoms with Crippen LogP contribution >= 0.6 is 0 Å². The molecular weight excluding hydrogens is 528 g/mol. The van der Waals surface area contributed by atoms with E-state index in [0.717, 1.165) is 5.56 Å². The Balaban J connectivity index is 1.46. The molecule has 14 heteroatoms. The molecule has 5 N–H and O–H groups in total. The Morgan fingerprint density at radius 3 is 2.75 bits per heavy atom. The summed E-state index contributed by atoms with van der Waals surface area (Å²) in [6.45, 7) is 0.961. The Labute approximate surface area is 231 Å². The van der Waals surface area contributed by atoms with Crippen molar-refractivity contribution < 1.29 is 48.0 Å². The number of hydrogen-bond acceptors (Lipinski definition) is 10. The molecule has 2 saturated heterocycles. The number of aliphatic hydroxyl groups excluding tert-OH is 1. The number of carbonyl (C=O) groups excluding carboxylic acids is 5. The Hall–Kier alpha value is -3.75. The van der Waals surface area contributed by atoms with Gasteiger partial charge in [0.2, 0.25) is 17.7 Å². The van der Waals surface area contributed by atoms with Gasteiger partial charge in [0.15, 0.2) is 6.29 Å². The molecule has 2 aliphatic heterocycles. The number of amides is 4. The maximum absolute atomic E-state index is 12.4. The maximum Gasteiger partial charge on any atom is 0.404 e. The van der Waals surface area contributed by atoms with Crippen molar-refractivity contribution in [3.8, 4) is 5.75 Å². The predicted octanol–water partition coefficient (Wildman–Crippen LogP) is -0.167. The molecule has 4 amide bonds. The number of aldehydes is 1. The number of unbranched alkanes of at least 4 members (excludes halogenated alkanes) is 1. The van der Waals surface area contributed by atoms with Crippen LogP contribution in [0.25, 0.3) is 0 Å². The molecule has 2 aliphatic rings. The molecule has 40 heavy (non-hydrogen) atoms. The summed E-state index contributed by atoms with van der Waals surface area (Å²) in [4.78, 5) is 59.8. The average Bonchev–Trinajstić information content (AvgIpc) is 3.25. The SMILES string of the molecule is CCC(=O)N[C@H]1CCN(CC(=O)NCCCCc2ccc(COC(N)=O)c(O[C@H]3OC(O)CC(C=O)O3)c2)C1=O. The zero-order valence-corrected chi connectivity index (χ0v) is 22.3. The van der Waals surface area contributed by atoms with Crippen molar-refractivity contribution in [2.75, 3.05) is 19.6 Å². The summed E-state index contributed by atoms with van der Waals surface area (Å²) in [5, 5.41) is 15.3.